The number of likely N-dealkylation sites (tertiary alicyclic amines) is 1. The van der Waals surface area contributed by atoms with Crippen LogP contribution in [0.25, 0.3) is 11.3 Å². The number of carbonyl (C=O) groups is 2. The van der Waals surface area contributed by atoms with Crippen LogP contribution in [0.1, 0.15) is 34.3 Å². The van der Waals surface area contributed by atoms with Gasteiger partial charge >= 0.3 is 0 Å². The van der Waals surface area contributed by atoms with Gasteiger partial charge in [-0.05, 0) is 93.6 Å². The molecule has 3 aliphatic heterocycles. The van der Waals surface area contributed by atoms with Crippen LogP contribution < -0.4 is 20.1 Å². The predicted octanol–water partition coefficient (Wildman–Crippen LogP) is 4.70. The SMILES string of the molecule is CN1CCC(N(C)C(=O)c2ccc(N/C(=C3\C(=O)Nc4cc(F)ccc43)c3ccc4c(c3)OCCO4)cc2)CC1. The molecule has 0 atom stereocenters. The number of piperidine rings is 1. The summed E-state index contributed by atoms with van der Waals surface area (Å²) < 4.78 is 25.4. The first-order chi connectivity index (χ1) is 19.4. The highest BCUT2D eigenvalue weighted by Crippen LogP contribution is 2.40. The third-order valence-electron chi connectivity index (χ3n) is 7.76. The number of nitrogens with one attached hydrogen (secondary N) is 2. The molecular weight excluding hydrogens is 511 g/mol. The summed E-state index contributed by atoms with van der Waals surface area (Å²) in [4.78, 5) is 30.5. The van der Waals surface area contributed by atoms with Crippen LogP contribution in [0.2, 0.25) is 0 Å². The van der Waals surface area contributed by atoms with Crippen molar-refractivity contribution in [1.29, 1.82) is 0 Å². The van der Waals surface area contributed by atoms with Crippen LogP contribution in [0, 0.1) is 5.82 Å². The molecule has 0 unspecified atom stereocenters. The van der Waals surface area contributed by atoms with E-state index in [0.717, 1.165) is 25.9 Å². The Morgan fingerprint density at radius 1 is 0.975 bits per heavy atom. The zero-order valence-corrected chi connectivity index (χ0v) is 22.5. The van der Waals surface area contributed by atoms with Crippen molar-refractivity contribution in [2.24, 2.45) is 0 Å². The van der Waals surface area contributed by atoms with Crippen LogP contribution in [-0.4, -0.2) is 68.1 Å². The molecule has 206 valence electrons. The maximum atomic E-state index is 13.9. The van der Waals surface area contributed by atoms with Crippen molar-refractivity contribution in [2.45, 2.75) is 18.9 Å². The minimum atomic E-state index is -0.431. The summed E-state index contributed by atoms with van der Waals surface area (Å²) in [6, 6.07) is 17.2. The van der Waals surface area contributed by atoms with E-state index in [1.807, 2.05) is 42.3 Å². The highest BCUT2D eigenvalue weighted by molar-refractivity contribution is 6.37. The summed E-state index contributed by atoms with van der Waals surface area (Å²) >= 11 is 0. The van der Waals surface area contributed by atoms with Gasteiger partial charge < -0.3 is 29.9 Å². The van der Waals surface area contributed by atoms with Crippen LogP contribution >= 0.6 is 0 Å². The van der Waals surface area contributed by atoms with Crippen molar-refractivity contribution in [1.82, 2.24) is 9.80 Å². The summed E-state index contributed by atoms with van der Waals surface area (Å²) in [7, 11) is 3.97. The Morgan fingerprint density at radius 3 is 2.42 bits per heavy atom. The molecule has 3 aliphatic rings. The lowest BCUT2D eigenvalue weighted by Crippen LogP contribution is -2.44. The fraction of sp³-hybridized carbons (Fsp3) is 0.290. The molecule has 2 N–H and O–H groups in total. The Hall–Kier alpha value is -4.37. The Bertz CT molecular complexity index is 1500. The van der Waals surface area contributed by atoms with Gasteiger partial charge in [-0.3, -0.25) is 9.59 Å². The van der Waals surface area contributed by atoms with Crippen molar-refractivity contribution < 1.29 is 23.5 Å². The molecule has 0 aliphatic carbocycles. The third kappa shape index (κ3) is 5.00. The second kappa shape index (κ2) is 10.7. The largest absolute Gasteiger partial charge is 0.486 e. The van der Waals surface area contributed by atoms with E-state index < -0.39 is 5.82 Å². The monoisotopic (exact) mass is 542 g/mol. The number of nitrogens with zero attached hydrogens (tertiary/aromatic N) is 2. The molecule has 1 saturated heterocycles. The molecule has 0 spiro atoms. The van der Waals surface area contributed by atoms with Gasteiger partial charge in [-0.15, -0.1) is 0 Å². The molecule has 9 heteroatoms. The van der Waals surface area contributed by atoms with Crippen molar-refractivity contribution in [3.8, 4) is 11.5 Å². The van der Waals surface area contributed by atoms with Gasteiger partial charge in [-0.1, -0.05) is 0 Å². The topological polar surface area (TPSA) is 83.1 Å². The standard InChI is InChI=1S/C31H31FN4O4/c1-35-13-11-23(12-14-35)36(2)31(38)19-3-7-22(8-4-19)33-29(20-5-10-26-27(17-20)40-16-15-39-26)28-24-9-6-21(32)18-25(24)34-30(28)37/h3-10,17-18,23,33H,11-16H2,1-2H3,(H,34,37)/b29-28-. The van der Waals surface area contributed by atoms with Gasteiger partial charge in [0.05, 0.1) is 17.0 Å². The highest BCUT2D eigenvalue weighted by atomic mass is 19.1. The number of halogens is 1. The molecule has 3 aromatic rings. The van der Waals surface area contributed by atoms with E-state index in [9.17, 15) is 14.0 Å². The number of hydrogen-bond acceptors (Lipinski definition) is 6. The number of anilines is 2. The van der Waals surface area contributed by atoms with Crippen LogP contribution in [0.15, 0.2) is 60.7 Å². The molecule has 8 nitrogen and oxygen atoms in total. The summed E-state index contributed by atoms with van der Waals surface area (Å²) in [5, 5.41) is 6.16. The van der Waals surface area contributed by atoms with Crippen LogP contribution in [0.5, 0.6) is 11.5 Å². The Labute approximate surface area is 232 Å². The molecule has 0 aromatic heterocycles. The molecule has 0 saturated carbocycles. The first-order valence-electron chi connectivity index (χ1n) is 13.5. The van der Waals surface area contributed by atoms with Gasteiger partial charge in [0.1, 0.15) is 19.0 Å². The smallest absolute Gasteiger partial charge is 0.258 e. The second-order valence-corrected chi connectivity index (χ2v) is 10.4. The van der Waals surface area contributed by atoms with E-state index in [0.29, 0.717) is 64.0 Å². The normalized spacial score (nSPS) is 18.1. The van der Waals surface area contributed by atoms with E-state index >= 15 is 0 Å². The lowest BCUT2D eigenvalue weighted by atomic mass is 9.99. The van der Waals surface area contributed by atoms with Crippen LogP contribution in [0.4, 0.5) is 15.8 Å². The van der Waals surface area contributed by atoms with Gasteiger partial charge in [0, 0.05) is 35.5 Å². The quantitative estimate of drug-likeness (QED) is 0.455. The number of benzene rings is 3. The van der Waals surface area contributed by atoms with Gasteiger partial charge in [0.2, 0.25) is 0 Å². The minimum Gasteiger partial charge on any atom is -0.486 e. The zero-order chi connectivity index (χ0) is 27.8. The van der Waals surface area contributed by atoms with Gasteiger partial charge in [0.15, 0.2) is 11.5 Å². The molecule has 3 aromatic carbocycles. The number of rotatable bonds is 5. The molecule has 0 radical (unpaired) electrons. The first kappa shape index (κ1) is 25.9. The zero-order valence-electron chi connectivity index (χ0n) is 22.5. The van der Waals surface area contributed by atoms with Gasteiger partial charge in [-0.25, -0.2) is 4.39 Å². The summed E-state index contributed by atoms with van der Waals surface area (Å²) in [6.45, 7) is 2.86. The molecule has 0 bridgehead atoms. The molecule has 2 amide bonds. The third-order valence-corrected chi connectivity index (χ3v) is 7.76. The van der Waals surface area contributed by atoms with Crippen LogP contribution in [0.3, 0.4) is 0 Å². The number of ether oxygens (including phenoxy) is 2. The number of hydrogen-bond donors (Lipinski definition) is 2. The minimum absolute atomic E-state index is 0.0161. The maximum Gasteiger partial charge on any atom is 0.258 e. The van der Waals surface area contributed by atoms with Crippen molar-refractivity contribution in [3.63, 3.8) is 0 Å². The molecule has 6 rings (SSSR count). The van der Waals surface area contributed by atoms with Crippen molar-refractivity contribution in [2.75, 3.05) is 51.0 Å². The Balaban J connectivity index is 1.32. The fourth-order valence-electron chi connectivity index (χ4n) is 5.46. The lowest BCUT2D eigenvalue weighted by molar-refractivity contribution is -0.110. The molecule has 3 heterocycles. The first-order valence-corrected chi connectivity index (χ1v) is 13.5. The number of carbonyl (C=O) groups excluding carboxylic acids is 2. The fourth-order valence-corrected chi connectivity index (χ4v) is 5.46. The van der Waals surface area contributed by atoms with E-state index in [-0.39, 0.29) is 17.9 Å². The molecular formula is C31H31FN4O4. The predicted molar refractivity (Wildman–Crippen MR) is 152 cm³/mol. The molecule has 40 heavy (non-hydrogen) atoms. The summed E-state index contributed by atoms with van der Waals surface area (Å²) in [5.74, 6) is 0.426. The van der Waals surface area contributed by atoms with E-state index in [4.69, 9.17) is 9.47 Å². The average molecular weight is 543 g/mol. The van der Waals surface area contributed by atoms with E-state index in [1.54, 1.807) is 18.2 Å². The van der Waals surface area contributed by atoms with Crippen molar-refractivity contribution in [3.05, 3.63) is 83.2 Å². The summed E-state index contributed by atoms with van der Waals surface area (Å²) in [6.07, 6.45) is 1.91. The average Bonchev–Trinajstić information content (AvgIpc) is 3.30. The number of amides is 2. The lowest BCUT2D eigenvalue weighted by Gasteiger charge is -2.35. The second-order valence-electron chi connectivity index (χ2n) is 10.4. The van der Waals surface area contributed by atoms with E-state index in [1.165, 1.54) is 12.1 Å². The Kier molecular flexibility index (Phi) is 6.89. The molecule has 1 fully saturated rings. The van der Waals surface area contributed by atoms with Crippen LogP contribution in [-0.2, 0) is 4.79 Å². The maximum absolute atomic E-state index is 13.9. The van der Waals surface area contributed by atoms with Gasteiger partial charge in [-0.2, -0.15) is 0 Å². The Morgan fingerprint density at radius 2 is 1.68 bits per heavy atom. The van der Waals surface area contributed by atoms with Crippen molar-refractivity contribution >= 4 is 34.5 Å². The van der Waals surface area contributed by atoms with E-state index in [2.05, 4.69) is 22.6 Å². The highest BCUT2D eigenvalue weighted by Gasteiger charge is 2.30. The van der Waals surface area contributed by atoms with Gasteiger partial charge in [0.25, 0.3) is 11.8 Å². The number of fused-ring (bicyclic) bond motifs is 2. The summed E-state index contributed by atoms with van der Waals surface area (Å²) in [5.41, 5.74) is 3.91.